The molecular formula is C18H32O2. The zero-order valence-electron chi connectivity index (χ0n) is 13.2. The molecule has 20 heavy (non-hydrogen) atoms. The summed E-state index contributed by atoms with van der Waals surface area (Å²) in [5.41, 5.74) is 0. The lowest BCUT2D eigenvalue weighted by molar-refractivity contribution is -0.146. The van der Waals surface area contributed by atoms with Crippen LogP contribution in [0.2, 0.25) is 0 Å². The summed E-state index contributed by atoms with van der Waals surface area (Å²) < 4.78 is 5.05. The van der Waals surface area contributed by atoms with Crippen molar-refractivity contribution in [3.8, 4) is 0 Å². The highest BCUT2D eigenvalue weighted by atomic mass is 16.5. The Balaban J connectivity index is 1.77. The number of carbonyl (C=O) groups excluding carboxylic acids is 1. The predicted molar refractivity (Wildman–Crippen MR) is 82.5 cm³/mol. The number of esters is 1. The van der Waals surface area contributed by atoms with Crippen molar-refractivity contribution in [1.82, 2.24) is 0 Å². The van der Waals surface area contributed by atoms with Crippen molar-refractivity contribution < 1.29 is 9.53 Å². The Labute approximate surface area is 124 Å². The molecule has 116 valence electrons. The van der Waals surface area contributed by atoms with Crippen LogP contribution in [0, 0.1) is 17.8 Å². The van der Waals surface area contributed by atoms with E-state index in [4.69, 9.17) is 4.74 Å². The highest BCUT2D eigenvalue weighted by Crippen LogP contribution is 2.34. The molecule has 0 radical (unpaired) electrons. The van der Waals surface area contributed by atoms with Crippen LogP contribution in [-0.4, -0.2) is 13.1 Å². The van der Waals surface area contributed by atoms with E-state index in [9.17, 15) is 4.79 Å². The molecule has 2 aliphatic carbocycles. The van der Waals surface area contributed by atoms with Crippen LogP contribution in [0.15, 0.2) is 0 Å². The lowest BCUT2D eigenvalue weighted by atomic mass is 9.79. The minimum absolute atomic E-state index is 0.0476. The number of hydrogen-bond donors (Lipinski definition) is 0. The summed E-state index contributed by atoms with van der Waals surface area (Å²) in [6, 6.07) is 0. The van der Waals surface area contributed by atoms with Gasteiger partial charge in [0.1, 0.15) is 0 Å². The van der Waals surface area contributed by atoms with E-state index >= 15 is 0 Å². The topological polar surface area (TPSA) is 26.3 Å². The van der Waals surface area contributed by atoms with E-state index in [1.165, 1.54) is 70.6 Å². The molecule has 0 heterocycles. The van der Waals surface area contributed by atoms with Gasteiger partial charge in [-0.2, -0.15) is 0 Å². The Morgan fingerprint density at radius 1 is 0.950 bits per heavy atom. The second kappa shape index (κ2) is 8.69. The molecule has 0 bridgehead atoms. The Morgan fingerprint density at radius 2 is 1.50 bits per heavy atom. The third-order valence-corrected chi connectivity index (χ3v) is 5.53. The minimum atomic E-state index is 0.0476. The largest absolute Gasteiger partial charge is 0.469 e. The number of rotatable bonds is 6. The van der Waals surface area contributed by atoms with Crippen LogP contribution in [0.3, 0.4) is 0 Å². The van der Waals surface area contributed by atoms with Gasteiger partial charge in [-0.05, 0) is 31.1 Å². The third-order valence-electron chi connectivity index (χ3n) is 5.53. The summed E-state index contributed by atoms with van der Waals surface area (Å²) in [5, 5.41) is 0. The fourth-order valence-electron chi connectivity index (χ4n) is 4.24. The molecule has 0 aromatic heterocycles. The molecule has 0 aromatic rings. The van der Waals surface area contributed by atoms with Crippen molar-refractivity contribution in [3.63, 3.8) is 0 Å². The average Bonchev–Trinajstić information content (AvgIpc) is 2.52. The molecule has 0 spiro atoms. The first-order valence-corrected chi connectivity index (χ1v) is 8.87. The fourth-order valence-corrected chi connectivity index (χ4v) is 4.24. The van der Waals surface area contributed by atoms with Gasteiger partial charge in [-0.25, -0.2) is 0 Å². The summed E-state index contributed by atoms with van der Waals surface area (Å²) in [5.74, 6) is 1.87. The smallest absolute Gasteiger partial charge is 0.308 e. The van der Waals surface area contributed by atoms with Crippen LogP contribution in [0.4, 0.5) is 0 Å². The Morgan fingerprint density at radius 3 is 2.05 bits per heavy atom. The minimum Gasteiger partial charge on any atom is -0.469 e. The average molecular weight is 280 g/mol. The van der Waals surface area contributed by atoms with E-state index in [0.717, 1.165) is 24.7 Å². The number of hydrogen-bond acceptors (Lipinski definition) is 2. The van der Waals surface area contributed by atoms with Gasteiger partial charge < -0.3 is 4.74 Å². The molecule has 1 atom stereocenters. The molecule has 2 fully saturated rings. The summed E-state index contributed by atoms with van der Waals surface area (Å²) in [7, 11) is 1.55. The lowest BCUT2D eigenvalue weighted by Gasteiger charge is -2.27. The lowest BCUT2D eigenvalue weighted by Crippen LogP contribution is -2.22. The van der Waals surface area contributed by atoms with Crippen molar-refractivity contribution in [1.29, 1.82) is 0 Å². The molecule has 2 heteroatoms. The highest BCUT2D eigenvalue weighted by Gasteiger charge is 2.26. The standard InChI is InChI=1S/C18H32O2/c1-20-18(19)17(14-16-10-6-3-7-11-16)13-12-15-8-4-2-5-9-15/h15-17H,2-14H2,1H3/t17-/m0/s1. The van der Waals surface area contributed by atoms with Gasteiger partial charge in [0.15, 0.2) is 0 Å². The van der Waals surface area contributed by atoms with E-state index in [1.807, 2.05) is 0 Å². The van der Waals surface area contributed by atoms with Crippen LogP contribution < -0.4 is 0 Å². The second-order valence-corrected chi connectivity index (χ2v) is 7.04. The van der Waals surface area contributed by atoms with Crippen LogP contribution in [0.1, 0.15) is 83.5 Å². The van der Waals surface area contributed by atoms with Gasteiger partial charge in [-0.1, -0.05) is 64.2 Å². The molecule has 0 unspecified atom stereocenters. The second-order valence-electron chi connectivity index (χ2n) is 7.04. The first-order chi connectivity index (χ1) is 9.79. The third kappa shape index (κ3) is 5.10. The highest BCUT2D eigenvalue weighted by molar-refractivity contribution is 5.72. The van der Waals surface area contributed by atoms with Gasteiger partial charge in [0, 0.05) is 0 Å². The molecule has 0 aromatic carbocycles. The maximum atomic E-state index is 12.0. The number of methoxy groups -OCH3 is 1. The van der Waals surface area contributed by atoms with Crippen LogP contribution in [0.25, 0.3) is 0 Å². The molecule has 2 nitrogen and oxygen atoms in total. The van der Waals surface area contributed by atoms with Crippen molar-refractivity contribution in [3.05, 3.63) is 0 Å². The van der Waals surface area contributed by atoms with E-state index < -0.39 is 0 Å². The van der Waals surface area contributed by atoms with Gasteiger partial charge in [0.25, 0.3) is 0 Å². The number of carbonyl (C=O) groups is 1. The molecule has 2 saturated carbocycles. The Bertz CT molecular complexity index is 275. The maximum absolute atomic E-state index is 12.0. The Kier molecular flexibility index (Phi) is 6.89. The molecular weight excluding hydrogens is 248 g/mol. The summed E-state index contributed by atoms with van der Waals surface area (Å²) in [6.07, 6.45) is 17.2. The summed E-state index contributed by atoms with van der Waals surface area (Å²) >= 11 is 0. The van der Waals surface area contributed by atoms with E-state index in [2.05, 4.69) is 0 Å². The first-order valence-electron chi connectivity index (χ1n) is 8.87. The quantitative estimate of drug-likeness (QED) is 0.632. The normalized spacial score (nSPS) is 23.4. The Hall–Kier alpha value is -0.530. The molecule has 2 rings (SSSR count). The molecule has 0 amide bonds. The number of ether oxygens (including phenoxy) is 1. The zero-order chi connectivity index (χ0) is 14.2. The molecule has 0 aliphatic heterocycles. The van der Waals surface area contributed by atoms with Gasteiger partial charge in [-0.3, -0.25) is 4.79 Å². The van der Waals surface area contributed by atoms with Crippen LogP contribution in [-0.2, 0) is 9.53 Å². The van der Waals surface area contributed by atoms with Gasteiger partial charge in [0.2, 0.25) is 0 Å². The van der Waals surface area contributed by atoms with E-state index in [0.29, 0.717) is 0 Å². The van der Waals surface area contributed by atoms with Crippen LogP contribution >= 0.6 is 0 Å². The fraction of sp³-hybridized carbons (Fsp3) is 0.944. The van der Waals surface area contributed by atoms with Crippen molar-refractivity contribution >= 4 is 5.97 Å². The van der Waals surface area contributed by atoms with Gasteiger partial charge in [-0.15, -0.1) is 0 Å². The molecule has 0 saturated heterocycles. The summed E-state index contributed by atoms with van der Waals surface area (Å²) in [6.45, 7) is 0. The van der Waals surface area contributed by atoms with Gasteiger partial charge in [0.05, 0.1) is 13.0 Å². The van der Waals surface area contributed by atoms with E-state index in [1.54, 1.807) is 7.11 Å². The SMILES string of the molecule is COC(=O)[C@@H](CCC1CCCCC1)CC1CCCCC1. The summed E-state index contributed by atoms with van der Waals surface area (Å²) in [4.78, 5) is 12.0. The van der Waals surface area contributed by atoms with E-state index in [-0.39, 0.29) is 11.9 Å². The monoisotopic (exact) mass is 280 g/mol. The van der Waals surface area contributed by atoms with Crippen molar-refractivity contribution in [2.75, 3.05) is 7.11 Å². The van der Waals surface area contributed by atoms with Gasteiger partial charge >= 0.3 is 5.97 Å². The van der Waals surface area contributed by atoms with Crippen LogP contribution in [0.5, 0.6) is 0 Å². The zero-order valence-corrected chi connectivity index (χ0v) is 13.2. The van der Waals surface area contributed by atoms with Crippen molar-refractivity contribution in [2.24, 2.45) is 17.8 Å². The predicted octanol–water partition coefficient (Wildman–Crippen LogP) is 5.11. The molecule has 2 aliphatic rings. The first kappa shape index (κ1) is 15.9. The maximum Gasteiger partial charge on any atom is 0.308 e. The van der Waals surface area contributed by atoms with Crippen molar-refractivity contribution in [2.45, 2.75) is 83.5 Å². The molecule has 0 N–H and O–H groups in total.